The van der Waals surface area contributed by atoms with Crippen LogP contribution in [-0.4, -0.2) is 148 Å². The summed E-state index contributed by atoms with van der Waals surface area (Å²) in [7, 11) is 8.26. The summed E-state index contributed by atoms with van der Waals surface area (Å²) in [6.07, 6.45) is 11.8. The smallest absolute Gasteiger partial charge is 0.337 e. The molecule has 0 heterocycles. The topological polar surface area (TPSA) is 219 Å². The maximum absolute atomic E-state index is 11.4. The second-order valence-electron chi connectivity index (χ2n) is 20.5. The monoisotopic (exact) mass is 1280 g/mol. The number of aliphatic carboxylic acids is 1. The minimum Gasteiger partial charge on any atom is -0.481 e. The standard InChI is InChI=1S/2C18H27NO4.C16H23NO4.C9H11Cl.C8H9ClO.CH4O/c2*1-4-12-19(13-6-5-7-17(20)22-2)14-15-8-10-16(11-9-15)18(21)23-3;1-2-10-17(11-4-3-5-15(18)19)12-13-6-8-14(9-7-13)16(20)21;1-2-5-8-6-3-4-7-9(8)10;1-10-6-7-4-2-3-5-8(7)9;1-2/h2*8-11H,4-7,12-14H2,1-3H3;6-9H,2-5,10-12H2,1H3,(H,18,19)(H,20,21);3-4,6-7H,2,5H2,1H3;2-5H,6H2,1H3;2H,1H3. The summed E-state index contributed by atoms with van der Waals surface area (Å²) in [6, 6.07) is 37.6. The second kappa shape index (κ2) is 53.2. The molecule has 0 aromatic heterocycles. The summed E-state index contributed by atoms with van der Waals surface area (Å²) in [6.45, 7) is 17.3. The molecular weight excluding hydrogens is 1180 g/mol. The molecule has 17 nitrogen and oxygen atoms in total. The Kier molecular flexibility index (Phi) is 49.2. The van der Waals surface area contributed by atoms with Gasteiger partial charge in [0.05, 0.1) is 51.7 Å². The molecule has 5 aromatic rings. The number of ether oxygens (including phenoxy) is 5. The number of benzene rings is 5. The number of carbonyl (C=O) groups is 6. The number of unbranched alkanes of at least 4 members (excludes halogenated alkanes) is 3. The van der Waals surface area contributed by atoms with Gasteiger partial charge >= 0.3 is 35.8 Å². The van der Waals surface area contributed by atoms with Crippen LogP contribution in [0.2, 0.25) is 10.0 Å². The number of aryl methyl sites for hydroxylation is 1. The van der Waals surface area contributed by atoms with Crippen LogP contribution in [0.25, 0.3) is 0 Å². The molecule has 0 aliphatic rings. The number of aliphatic hydroxyl groups excluding tert-OH is 1. The molecule has 89 heavy (non-hydrogen) atoms. The summed E-state index contributed by atoms with van der Waals surface area (Å²) < 4.78 is 23.6. The number of nitrogens with zero attached hydrogens (tertiary/aromatic N) is 3. The van der Waals surface area contributed by atoms with E-state index in [9.17, 15) is 28.8 Å². The number of rotatable bonds is 34. The minimum absolute atomic E-state index is 0.148. The molecule has 0 aliphatic heterocycles. The van der Waals surface area contributed by atoms with E-state index in [1.807, 2.05) is 78.9 Å². The van der Waals surface area contributed by atoms with Gasteiger partial charge in [0.1, 0.15) is 0 Å². The van der Waals surface area contributed by atoms with Gasteiger partial charge in [-0.05, 0) is 180 Å². The summed E-state index contributed by atoms with van der Waals surface area (Å²) >= 11 is 11.7. The Bertz CT molecular complexity index is 2540. The highest BCUT2D eigenvalue weighted by Gasteiger charge is 2.12. The Hall–Kier alpha value is -6.70. The van der Waals surface area contributed by atoms with Crippen molar-refractivity contribution in [2.24, 2.45) is 0 Å². The van der Waals surface area contributed by atoms with Crippen LogP contribution in [0.4, 0.5) is 0 Å². The van der Waals surface area contributed by atoms with Crippen LogP contribution < -0.4 is 0 Å². The lowest BCUT2D eigenvalue weighted by Crippen LogP contribution is -2.25. The van der Waals surface area contributed by atoms with Crippen molar-refractivity contribution in [3.8, 4) is 0 Å². The predicted molar refractivity (Wildman–Crippen MR) is 355 cm³/mol. The molecule has 0 radical (unpaired) electrons. The second-order valence-corrected chi connectivity index (χ2v) is 21.3. The normalized spacial score (nSPS) is 10.3. The summed E-state index contributed by atoms with van der Waals surface area (Å²) in [4.78, 5) is 73.4. The Morgan fingerprint density at radius 3 is 1.03 bits per heavy atom. The Labute approximate surface area is 540 Å². The molecule has 5 aromatic carbocycles. The third-order valence-corrected chi connectivity index (χ3v) is 14.0. The molecule has 0 saturated heterocycles. The zero-order chi connectivity index (χ0) is 66.6. The van der Waals surface area contributed by atoms with Gasteiger partial charge in [0.25, 0.3) is 0 Å². The first-order valence-corrected chi connectivity index (χ1v) is 31.3. The van der Waals surface area contributed by atoms with E-state index in [1.54, 1.807) is 43.5 Å². The first-order chi connectivity index (χ1) is 42.9. The van der Waals surface area contributed by atoms with Crippen LogP contribution in [0.3, 0.4) is 0 Å². The number of aromatic carboxylic acids is 1. The third-order valence-electron chi connectivity index (χ3n) is 13.3. The maximum Gasteiger partial charge on any atom is 0.337 e. The maximum atomic E-state index is 11.4. The third kappa shape index (κ3) is 39.8. The average Bonchev–Trinajstić information content (AvgIpc) is 3.75. The highest BCUT2D eigenvalue weighted by molar-refractivity contribution is 6.31. The van der Waals surface area contributed by atoms with Crippen LogP contribution in [0.5, 0.6) is 0 Å². The van der Waals surface area contributed by atoms with Crippen molar-refractivity contribution in [2.75, 3.05) is 81.9 Å². The van der Waals surface area contributed by atoms with Gasteiger partial charge in [-0.1, -0.05) is 130 Å². The average molecular weight is 1280 g/mol. The van der Waals surface area contributed by atoms with Crippen molar-refractivity contribution < 1.29 is 67.8 Å². The van der Waals surface area contributed by atoms with Gasteiger partial charge in [-0.3, -0.25) is 29.1 Å². The zero-order valence-electron chi connectivity index (χ0n) is 54.4. The Balaban J connectivity index is 0.00000112. The van der Waals surface area contributed by atoms with E-state index in [2.05, 4.69) is 57.9 Å². The van der Waals surface area contributed by atoms with Crippen molar-refractivity contribution >= 4 is 59.0 Å². The van der Waals surface area contributed by atoms with E-state index in [1.165, 1.54) is 45.1 Å². The molecule has 19 heteroatoms. The fourth-order valence-electron chi connectivity index (χ4n) is 8.78. The van der Waals surface area contributed by atoms with Gasteiger partial charge in [-0.15, -0.1) is 0 Å². The molecule has 0 spiro atoms. The molecule has 5 rings (SSSR count). The van der Waals surface area contributed by atoms with E-state index in [4.69, 9.17) is 52.7 Å². The summed E-state index contributed by atoms with van der Waals surface area (Å²) in [5.41, 5.74) is 7.12. The lowest BCUT2D eigenvalue weighted by molar-refractivity contribution is -0.141. The summed E-state index contributed by atoms with van der Waals surface area (Å²) in [5, 5.41) is 26.2. The van der Waals surface area contributed by atoms with Crippen molar-refractivity contribution in [1.29, 1.82) is 0 Å². The van der Waals surface area contributed by atoms with Gasteiger partial charge in [-0.25, -0.2) is 14.4 Å². The van der Waals surface area contributed by atoms with E-state index in [0.29, 0.717) is 42.6 Å². The number of carboxylic acids is 2. The molecule has 0 fully saturated rings. The number of carbonyl (C=O) groups excluding carboxylic acids is 4. The van der Waals surface area contributed by atoms with Crippen molar-refractivity contribution in [3.63, 3.8) is 0 Å². The van der Waals surface area contributed by atoms with Gasteiger partial charge in [0, 0.05) is 63.2 Å². The molecular formula is C70H101Cl2N3O14. The first-order valence-electron chi connectivity index (χ1n) is 30.5. The van der Waals surface area contributed by atoms with E-state index in [-0.39, 0.29) is 30.3 Å². The van der Waals surface area contributed by atoms with Crippen LogP contribution in [0, 0.1) is 0 Å². The largest absolute Gasteiger partial charge is 0.481 e. The van der Waals surface area contributed by atoms with Crippen molar-refractivity contribution in [1.82, 2.24) is 14.7 Å². The van der Waals surface area contributed by atoms with Crippen LogP contribution >= 0.6 is 23.2 Å². The van der Waals surface area contributed by atoms with Gasteiger partial charge < -0.3 is 39.0 Å². The van der Waals surface area contributed by atoms with Gasteiger partial charge in [-0.2, -0.15) is 0 Å². The lowest BCUT2D eigenvalue weighted by Gasteiger charge is -2.21. The Morgan fingerprint density at radius 2 is 0.742 bits per heavy atom. The number of methoxy groups -OCH3 is 5. The molecule has 3 N–H and O–H groups in total. The quantitative estimate of drug-likeness (QED) is 0.0198. The van der Waals surface area contributed by atoms with Crippen LogP contribution in [0.1, 0.15) is 170 Å². The Morgan fingerprint density at radius 1 is 0.404 bits per heavy atom. The van der Waals surface area contributed by atoms with Crippen LogP contribution in [0.15, 0.2) is 121 Å². The predicted octanol–water partition coefficient (Wildman–Crippen LogP) is 14.3. The molecule has 0 bridgehead atoms. The molecule has 0 amide bonds. The SMILES string of the molecule is CCCN(CCCCC(=O)O)Cc1ccc(C(=O)O)cc1.CCCN(CCCCC(=O)OC)Cc1ccc(C(=O)OC)cc1.CCCN(CCCCC(=O)OC)Cc1ccc(C(=O)OC)cc1.CCCc1ccccc1Cl.CO.COCc1ccccc1Cl. The van der Waals surface area contributed by atoms with Gasteiger partial charge in [0.2, 0.25) is 0 Å². The van der Waals surface area contributed by atoms with E-state index in [0.717, 1.165) is 151 Å². The minimum atomic E-state index is -0.916. The van der Waals surface area contributed by atoms with Crippen LogP contribution in [-0.2, 0) is 70.7 Å². The van der Waals surface area contributed by atoms with Crippen molar-refractivity contribution in [2.45, 2.75) is 144 Å². The fourth-order valence-corrected chi connectivity index (χ4v) is 9.20. The molecule has 494 valence electrons. The number of aliphatic hydroxyl groups is 1. The zero-order valence-corrected chi connectivity index (χ0v) is 56.0. The molecule has 0 unspecified atom stereocenters. The van der Waals surface area contributed by atoms with Crippen molar-refractivity contribution in [3.05, 3.63) is 176 Å². The molecule has 0 aliphatic carbocycles. The van der Waals surface area contributed by atoms with E-state index >= 15 is 0 Å². The first kappa shape index (κ1) is 82.3. The highest BCUT2D eigenvalue weighted by atomic mass is 35.5. The molecule has 0 atom stereocenters. The number of carboxylic acid groups (broad SMARTS) is 2. The van der Waals surface area contributed by atoms with Gasteiger partial charge in [0.15, 0.2) is 0 Å². The number of halogens is 2. The lowest BCUT2D eigenvalue weighted by atomic mass is 10.1. The number of hydrogen-bond acceptors (Lipinski definition) is 15. The number of esters is 4. The highest BCUT2D eigenvalue weighted by Crippen LogP contribution is 2.18. The number of hydrogen-bond donors (Lipinski definition) is 3. The van der Waals surface area contributed by atoms with E-state index < -0.39 is 11.9 Å². The fraction of sp³-hybridized carbons (Fsp3) is 0.486. The molecule has 0 saturated carbocycles. The summed E-state index contributed by atoms with van der Waals surface area (Å²) in [5.74, 6) is -2.59.